The Morgan fingerprint density at radius 1 is 1.52 bits per heavy atom. The Morgan fingerprint density at radius 3 is 2.81 bits per heavy atom. The molecule has 0 bridgehead atoms. The third-order valence-corrected chi connectivity index (χ3v) is 6.02. The molecular formula is C13H17ClN2O3S2. The zero-order chi connectivity index (χ0) is 15.6. The maximum atomic E-state index is 12.6. The highest BCUT2D eigenvalue weighted by Gasteiger charge is 2.32. The van der Waals surface area contributed by atoms with Gasteiger partial charge in [-0.15, -0.1) is 0 Å². The minimum atomic E-state index is -3.57. The first-order valence-electron chi connectivity index (χ1n) is 6.56. The molecule has 0 spiro atoms. The fourth-order valence-electron chi connectivity index (χ4n) is 2.44. The van der Waals surface area contributed by atoms with Crippen molar-refractivity contribution < 1.29 is 13.5 Å². The molecule has 0 amide bonds. The van der Waals surface area contributed by atoms with Gasteiger partial charge in [-0.05, 0) is 37.0 Å². The van der Waals surface area contributed by atoms with Crippen molar-refractivity contribution >= 4 is 38.8 Å². The van der Waals surface area contributed by atoms with Gasteiger partial charge in [0.05, 0.1) is 9.92 Å². The van der Waals surface area contributed by atoms with Gasteiger partial charge in [-0.2, -0.15) is 4.31 Å². The van der Waals surface area contributed by atoms with E-state index >= 15 is 0 Å². The van der Waals surface area contributed by atoms with E-state index in [1.54, 1.807) is 0 Å². The molecule has 1 fully saturated rings. The number of nitrogens with zero attached hydrogens (tertiary/aromatic N) is 1. The summed E-state index contributed by atoms with van der Waals surface area (Å²) in [7, 11) is -3.57. The summed E-state index contributed by atoms with van der Waals surface area (Å²) >= 11 is 10.9. The topological polar surface area (TPSA) is 83.6 Å². The number of sulfonamides is 1. The summed E-state index contributed by atoms with van der Waals surface area (Å²) in [6, 6.07) is 4.37. The van der Waals surface area contributed by atoms with E-state index in [4.69, 9.17) is 34.7 Å². The largest absolute Gasteiger partial charge is 0.396 e. The van der Waals surface area contributed by atoms with E-state index in [-0.39, 0.29) is 27.4 Å². The summed E-state index contributed by atoms with van der Waals surface area (Å²) in [4.78, 5) is 0.269. The molecule has 8 heteroatoms. The number of aliphatic hydroxyl groups excluding tert-OH is 1. The lowest BCUT2D eigenvalue weighted by Gasteiger charge is -2.17. The Labute approximate surface area is 134 Å². The summed E-state index contributed by atoms with van der Waals surface area (Å²) in [5.41, 5.74) is 5.97. The van der Waals surface area contributed by atoms with Gasteiger partial charge in [0.15, 0.2) is 0 Å². The SMILES string of the molecule is NC(=S)c1ccc(S(=O)(=O)N2CCC(CCO)C2)cc1Cl. The van der Waals surface area contributed by atoms with E-state index in [0.717, 1.165) is 6.42 Å². The Bertz CT molecular complexity index is 649. The van der Waals surface area contributed by atoms with Crippen molar-refractivity contribution in [1.82, 2.24) is 4.31 Å². The van der Waals surface area contributed by atoms with Gasteiger partial charge in [0.25, 0.3) is 0 Å². The lowest BCUT2D eigenvalue weighted by atomic mass is 10.1. The predicted octanol–water partition coefficient (Wildman–Crippen LogP) is 1.37. The van der Waals surface area contributed by atoms with E-state index in [2.05, 4.69) is 0 Å². The average Bonchev–Trinajstić information content (AvgIpc) is 2.88. The molecular weight excluding hydrogens is 332 g/mol. The molecule has 5 nitrogen and oxygen atoms in total. The van der Waals surface area contributed by atoms with Crippen LogP contribution in [0.1, 0.15) is 18.4 Å². The normalized spacial score (nSPS) is 19.8. The first kappa shape index (κ1) is 16.6. The maximum Gasteiger partial charge on any atom is 0.243 e. The Morgan fingerprint density at radius 2 is 2.24 bits per heavy atom. The van der Waals surface area contributed by atoms with Gasteiger partial charge in [-0.1, -0.05) is 23.8 Å². The second-order valence-electron chi connectivity index (χ2n) is 5.04. The highest BCUT2D eigenvalue weighted by Crippen LogP contribution is 2.28. The highest BCUT2D eigenvalue weighted by atomic mass is 35.5. The van der Waals surface area contributed by atoms with Crippen LogP contribution in [-0.4, -0.2) is 42.5 Å². The summed E-state index contributed by atoms with van der Waals surface area (Å²) in [6.07, 6.45) is 1.38. The lowest BCUT2D eigenvalue weighted by Crippen LogP contribution is -2.29. The molecule has 1 aromatic carbocycles. The summed E-state index contributed by atoms with van der Waals surface area (Å²) in [5, 5.41) is 9.17. The second kappa shape index (κ2) is 6.58. The van der Waals surface area contributed by atoms with Gasteiger partial charge in [-0.25, -0.2) is 8.42 Å². The molecule has 3 N–H and O–H groups in total. The second-order valence-corrected chi connectivity index (χ2v) is 7.82. The third kappa shape index (κ3) is 3.54. The number of benzene rings is 1. The molecule has 1 saturated heterocycles. The van der Waals surface area contributed by atoms with Gasteiger partial charge in [0.1, 0.15) is 4.99 Å². The Balaban J connectivity index is 2.24. The molecule has 21 heavy (non-hydrogen) atoms. The van der Waals surface area contributed by atoms with E-state index in [9.17, 15) is 8.42 Å². The van der Waals surface area contributed by atoms with Crippen molar-refractivity contribution in [2.45, 2.75) is 17.7 Å². The van der Waals surface area contributed by atoms with Crippen molar-refractivity contribution in [3.8, 4) is 0 Å². The molecule has 2 rings (SSSR count). The maximum absolute atomic E-state index is 12.6. The van der Waals surface area contributed by atoms with Crippen LogP contribution in [0.2, 0.25) is 5.02 Å². The summed E-state index contributed by atoms with van der Waals surface area (Å²) in [5.74, 6) is 0.205. The quantitative estimate of drug-likeness (QED) is 0.785. The average molecular weight is 349 g/mol. The van der Waals surface area contributed by atoms with Crippen LogP contribution in [0.25, 0.3) is 0 Å². The third-order valence-electron chi connectivity index (χ3n) is 3.63. The van der Waals surface area contributed by atoms with Crippen LogP contribution in [0.3, 0.4) is 0 Å². The van der Waals surface area contributed by atoms with E-state index in [1.807, 2.05) is 0 Å². The molecule has 1 heterocycles. The highest BCUT2D eigenvalue weighted by molar-refractivity contribution is 7.89. The van der Waals surface area contributed by atoms with Crippen LogP contribution in [-0.2, 0) is 10.0 Å². The van der Waals surface area contributed by atoms with Gasteiger partial charge < -0.3 is 10.8 Å². The molecule has 0 aliphatic carbocycles. The van der Waals surface area contributed by atoms with Crippen LogP contribution < -0.4 is 5.73 Å². The van der Waals surface area contributed by atoms with Crippen LogP contribution in [0.4, 0.5) is 0 Å². The number of halogens is 1. The number of hydrogen-bond acceptors (Lipinski definition) is 4. The number of thiocarbonyl (C=S) groups is 1. The van der Waals surface area contributed by atoms with Crippen molar-refractivity contribution in [3.05, 3.63) is 28.8 Å². The van der Waals surface area contributed by atoms with Gasteiger partial charge in [0, 0.05) is 25.3 Å². The molecule has 1 atom stereocenters. The van der Waals surface area contributed by atoms with Gasteiger partial charge in [-0.3, -0.25) is 0 Å². The van der Waals surface area contributed by atoms with Crippen LogP contribution in [0, 0.1) is 5.92 Å². The van der Waals surface area contributed by atoms with Crippen molar-refractivity contribution in [1.29, 1.82) is 0 Å². The molecule has 1 unspecified atom stereocenters. The molecule has 1 aromatic rings. The van der Waals surface area contributed by atoms with E-state index in [1.165, 1.54) is 22.5 Å². The number of rotatable bonds is 5. The van der Waals surface area contributed by atoms with Crippen molar-refractivity contribution in [2.75, 3.05) is 19.7 Å². The molecule has 1 aliphatic rings. The molecule has 0 saturated carbocycles. The van der Waals surface area contributed by atoms with Crippen LogP contribution in [0.15, 0.2) is 23.1 Å². The standard InChI is InChI=1S/C13H17ClN2O3S2/c14-12-7-10(1-2-11(12)13(15)20)21(18,19)16-5-3-9(8-16)4-6-17/h1-2,7,9,17H,3-6,8H2,(H2,15,20). The van der Waals surface area contributed by atoms with Crippen molar-refractivity contribution in [3.63, 3.8) is 0 Å². The van der Waals surface area contributed by atoms with E-state index in [0.29, 0.717) is 25.1 Å². The fraction of sp³-hybridized carbons (Fsp3) is 0.462. The van der Waals surface area contributed by atoms with E-state index < -0.39 is 10.0 Å². The van der Waals surface area contributed by atoms with Crippen LogP contribution in [0.5, 0.6) is 0 Å². The first-order valence-corrected chi connectivity index (χ1v) is 8.79. The zero-order valence-electron chi connectivity index (χ0n) is 11.3. The minimum Gasteiger partial charge on any atom is -0.396 e. The van der Waals surface area contributed by atoms with Gasteiger partial charge in [0.2, 0.25) is 10.0 Å². The van der Waals surface area contributed by atoms with Gasteiger partial charge >= 0.3 is 0 Å². The Hall–Kier alpha value is -0.730. The Kier molecular flexibility index (Phi) is 5.21. The monoisotopic (exact) mass is 348 g/mol. The predicted molar refractivity (Wildman–Crippen MR) is 85.9 cm³/mol. The molecule has 1 aliphatic heterocycles. The summed E-state index contributed by atoms with van der Waals surface area (Å²) < 4.78 is 26.5. The molecule has 0 aromatic heterocycles. The summed E-state index contributed by atoms with van der Waals surface area (Å²) in [6.45, 7) is 0.965. The smallest absolute Gasteiger partial charge is 0.243 e. The van der Waals surface area contributed by atoms with Crippen molar-refractivity contribution in [2.24, 2.45) is 11.7 Å². The number of aliphatic hydroxyl groups is 1. The molecule has 116 valence electrons. The zero-order valence-corrected chi connectivity index (χ0v) is 13.7. The fourth-order valence-corrected chi connectivity index (χ4v) is 4.58. The first-order chi connectivity index (χ1) is 9.86. The number of nitrogens with two attached hydrogens (primary N) is 1. The minimum absolute atomic E-state index is 0.0764. The van der Waals surface area contributed by atoms with Crippen LogP contribution >= 0.6 is 23.8 Å². The molecule has 0 radical (unpaired) electrons. The lowest BCUT2D eigenvalue weighted by molar-refractivity contribution is 0.259. The number of hydrogen-bond donors (Lipinski definition) is 2.